The van der Waals surface area contributed by atoms with Gasteiger partial charge in [0.2, 0.25) is 0 Å². The summed E-state index contributed by atoms with van der Waals surface area (Å²) in [6, 6.07) is 4.71. The van der Waals surface area contributed by atoms with Crippen molar-refractivity contribution < 1.29 is 4.74 Å². The molecule has 0 bridgehead atoms. The lowest BCUT2D eigenvalue weighted by molar-refractivity contribution is 0.389. The van der Waals surface area contributed by atoms with E-state index in [0.29, 0.717) is 6.04 Å². The molecule has 0 amide bonds. The van der Waals surface area contributed by atoms with Gasteiger partial charge in [-0.1, -0.05) is 19.9 Å². The van der Waals surface area contributed by atoms with Gasteiger partial charge < -0.3 is 10.1 Å². The molecule has 1 N–H and O–H groups in total. The van der Waals surface area contributed by atoms with Gasteiger partial charge in [-0.2, -0.15) is 0 Å². The van der Waals surface area contributed by atoms with E-state index >= 15 is 0 Å². The van der Waals surface area contributed by atoms with Crippen molar-refractivity contribution in [1.82, 2.24) is 5.32 Å². The molecule has 1 aromatic carbocycles. The molecule has 0 aromatic heterocycles. The van der Waals surface area contributed by atoms with Crippen molar-refractivity contribution >= 4 is 0 Å². The van der Waals surface area contributed by atoms with E-state index in [4.69, 9.17) is 4.74 Å². The normalized spacial score (nSPS) is 21.9. The third-order valence-corrected chi connectivity index (χ3v) is 3.73. The standard InChI is InChI=1S/C14H21NO/c1-9-6-7-11(16-5)13-12(9)10(15-4)8-14(13,2)3/h6-7,10,15H,8H2,1-5H3. The predicted molar refractivity (Wildman–Crippen MR) is 67.2 cm³/mol. The number of rotatable bonds is 2. The molecule has 1 aliphatic rings. The van der Waals surface area contributed by atoms with Gasteiger partial charge in [-0.3, -0.25) is 0 Å². The van der Waals surface area contributed by atoms with Crippen LogP contribution in [0.15, 0.2) is 12.1 Å². The van der Waals surface area contributed by atoms with Gasteiger partial charge in [0, 0.05) is 11.6 Å². The van der Waals surface area contributed by atoms with Crippen molar-refractivity contribution in [2.24, 2.45) is 0 Å². The molecule has 1 aliphatic carbocycles. The molecule has 16 heavy (non-hydrogen) atoms. The quantitative estimate of drug-likeness (QED) is 0.825. The molecule has 1 atom stereocenters. The van der Waals surface area contributed by atoms with E-state index in [0.717, 1.165) is 12.2 Å². The monoisotopic (exact) mass is 219 g/mol. The van der Waals surface area contributed by atoms with Crippen molar-refractivity contribution in [3.05, 3.63) is 28.8 Å². The Morgan fingerprint density at radius 3 is 2.62 bits per heavy atom. The summed E-state index contributed by atoms with van der Waals surface area (Å²) < 4.78 is 5.51. The number of hydrogen-bond acceptors (Lipinski definition) is 2. The van der Waals surface area contributed by atoms with Crippen LogP contribution in [-0.2, 0) is 5.41 Å². The lowest BCUT2D eigenvalue weighted by atomic mass is 9.85. The first-order valence-electron chi connectivity index (χ1n) is 5.86. The zero-order valence-corrected chi connectivity index (χ0v) is 10.8. The SMILES string of the molecule is CNC1CC(C)(C)c2c(OC)ccc(C)c21. The van der Waals surface area contributed by atoms with Crippen LogP contribution in [0.25, 0.3) is 0 Å². The fourth-order valence-corrected chi connectivity index (χ4v) is 2.98. The second-order valence-electron chi connectivity index (χ2n) is 5.30. The minimum atomic E-state index is 0.195. The highest BCUT2D eigenvalue weighted by molar-refractivity contribution is 5.53. The predicted octanol–water partition coefficient (Wildman–Crippen LogP) is 2.95. The van der Waals surface area contributed by atoms with Crippen molar-refractivity contribution in [3.8, 4) is 5.75 Å². The molecule has 0 saturated carbocycles. The van der Waals surface area contributed by atoms with E-state index in [-0.39, 0.29) is 5.41 Å². The summed E-state index contributed by atoms with van der Waals surface area (Å²) in [5.74, 6) is 1.03. The summed E-state index contributed by atoms with van der Waals surface area (Å²) in [7, 11) is 3.79. The molecule has 2 nitrogen and oxygen atoms in total. The van der Waals surface area contributed by atoms with E-state index in [1.54, 1.807) is 7.11 Å². The third-order valence-electron chi connectivity index (χ3n) is 3.73. The first-order valence-corrected chi connectivity index (χ1v) is 5.86. The molecular weight excluding hydrogens is 198 g/mol. The molecule has 1 unspecified atom stereocenters. The van der Waals surface area contributed by atoms with Crippen LogP contribution in [0.2, 0.25) is 0 Å². The van der Waals surface area contributed by atoms with E-state index in [2.05, 4.69) is 38.2 Å². The number of benzene rings is 1. The van der Waals surface area contributed by atoms with Gasteiger partial charge in [0.05, 0.1) is 7.11 Å². The number of nitrogens with one attached hydrogen (secondary N) is 1. The van der Waals surface area contributed by atoms with Crippen LogP contribution in [0.4, 0.5) is 0 Å². The molecule has 0 fully saturated rings. The maximum absolute atomic E-state index is 5.51. The molecule has 0 aliphatic heterocycles. The molecule has 88 valence electrons. The fourth-order valence-electron chi connectivity index (χ4n) is 2.98. The molecule has 0 spiro atoms. The van der Waals surface area contributed by atoms with Crippen LogP contribution in [0, 0.1) is 6.92 Å². The number of methoxy groups -OCH3 is 1. The Hall–Kier alpha value is -1.02. The Morgan fingerprint density at radius 1 is 1.38 bits per heavy atom. The van der Waals surface area contributed by atoms with E-state index < -0.39 is 0 Å². The molecule has 1 aromatic rings. The van der Waals surface area contributed by atoms with Crippen molar-refractivity contribution in [1.29, 1.82) is 0 Å². The largest absolute Gasteiger partial charge is 0.496 e. The topological polar surface area (TPSA) is 21.3 Å². The van der Waals surface area contributed by atoms with Crippen LogP contribution in [0.1, 0.15) is 43.0 Å². The van der Waals surface area contributed by atoms with Gasteiger partial charge in [-0.25, -0.2) is 0 Å². The smallest absolute Gasteiger partial charge is 0.122 e. The molecule has 0 saturated heterocycles. The number of hydrogen-bond donors (Lipinski definition) is 1. The van der Waals surface area contributed by atoms with Gasteiger partial charge in [-0.05, 0) is 43.0 Å². The van der Waals surface area contributed by atoms with Crippen molar-refractivity contribution in [3.63, 3.8) is 0 Å². The maximum Gasteiger partial charge on any atom is 0.122 e. The Morgan fingerprint density at radius 2 is 2.06 bits per heavy atom. The first-order chi connectivity index (χ1) is 7.51. The zero-order chi connectivity index (χ0) is 11.9. The van der Waals surface area contributed by atoms with Crippen LogP contribution < -0.4 is 10.1 Å². The first kappa shape index (κ1) is 11.5. The molecular formula is C14H21NO. The molecule has 2 heteroatoms. The summed E-state index contributed by atoms with van der Waals surface area (Å²) in [6.07, 6.45) is 1.14. The Kier molecular flexibility index (Phi) is 2.70. The van der Waals surface area contributed by atoms with Crippen molar-refractivity contribution in [2.75, 3.05) is 14.2 Å². The van der Waals surface area contributed by atoms with Gasteiger partial charge in [0.15, 0.2) is 0 Å². The van der Waals surface area contributed by atoms with Gasteiger partial charge in [-0.15, -0.1) is 0 Å². The average molecular weight is 219 g/mol. The average Bonchev–Trinajstić information content (AvgIpc) is 2.53. The molecule has 0 heterocycles. The van der Waals surface area contributed by atoms with Crippen LogP contribution in [0.3, 0.4) is 0 Å². The number of ether oxygens (including phenoxy) is 1. The highest BCUT2D eigenvalue weighted by Crippen LogP contribution is 2.49. The zero-order valence-electron chi connectivity index (χ0n) is 10.8. The highest BCUT2D eigenvalue weighted by atomic mass is 16.5. The number of aryl methyl sites for hydroxylation is 1. The minimum absolute atomic E-state index is 0.195. The van der Waals surface area contributed by atoms with Crippen LogP contribution >= 0.6 is 0 Å². The summed E-state index contributed by atoms with van der Waals surface area (Å²) in [4.78, 5) is 0. The van der Waals surface area contributed by atoms with E-state index in [1.807, 2.05) is 7.05 Å². The van der Waals surface area contributed by atoms with Crippen molar-refractivity contribution in [2.45, 2.75) is 38.6 Å². The Labute approximate surface area is 98.0 Å². The summed E-state index contributed by atoms with van der Waals surface area (Å²) in [5.41, 5.74) is 4.38. The molecule has 0 radical (unpaired) electrons. The molecule has 2 rings (SSSR count). The third kappa shape index (κ3) is 1.52. The van der Waals surface area contributed by atoms with E-state index in [9.17, 15) is 0 Å². The van der Waals surface area contributed by atoms with Crippen LogP contribution in [-0.4, -0.2) is 14.2 Å². The summed E-state index contributed by atoms with van der Waals surface area (Å²) >= 11 is 0. The minimum Gasteiger partial charge on any atom is -0.496 e. The van der Waals surface area contributed by atoms with Gasteiger partial charge >= 0.3 is 0 Å². The van der Waals surface area contributed by atoms with Crippen LogP contribution in [0.5, 0.6) is 5.75 Å². The Bertz CT molecular complexity index is 409. The second kappa shape index (κ2) is 3.77. The van der Waals surface area contributed by atoms with Gasteiger partial charge in [0.1, 0.15) is 5.75 Å². The fraction of sp³-hybridized carbons (Fsp3) is 0.571. The summed E-state index contributed by atoms with van der Waals surface area (Å²) in [5, 5.41) is 3.41. The van der Waals surface area contributed by atoms with Gasteiger partial charge in [0.25, 0.3) is 0 Å². The Balaban J connectivity index is 2.67. The lowest BCUT2D eigenvalue weighted by Gasteiger charge is -2.21. The maximum atomic E-state index is 5.51. The highest BCUT2D eigenvalue weighted by Gasteiger charge is 2.39. The second-order valence-corrected chi connectivity index (χ2v) is 5.30. The lowest BCUT2D eigenvalue weighted by Crippen LogP contribution is -2.17. The van der Waals surface area contributed by atoms with E-state index in [1.165, 1.54) is 16.7 Å². The number of fused-ring (bicyclic) bond motifs is 1. The summed E-state index contributed by atoms with van der Waals surface area (Å²) in [6.45, 7) is 6.78.